The number of hydrogen-bond donors (Lipinski definition) is 0. The third-order valence-electron chi connectivity index (χ3n) is 7.53. The molecule has 1 heterocycles. The van der Waals surface area contributed by atoms with E-state index in [4.69, 9.17) is 0 Å². The molecule has 0 aromatic heterocycles. The van der Waals surface area contributed by atoms with Gasteiger partial charge in [0.25, 0.3) is 0 Å². The van der Waals surface area contributed by atoms with Gasteiger partial charge in [0.15, 0.2) is 0 Å². The van der Waals surface area contributed by atoms with E-state index < -0.39 is 0 Å². The maximum absolute atomic E-state index is 2.40. The van der Waals surface area contributed by atoms with Crippen LogP contribution in [0.5, 0.6) is 0 Å². The zero-order valence-electron chi connectivity index (χ0n) is 20.5. The van der Waals surface area contributed by atoms with Crippen molar-refractivity contribution in [2.24, 2.45) is 0 Å². The van der Waals surface area contributed by atoms with Gasteiger partial charge in [-0.05, 0) is 78.8 Å². The summed E-state index contributed by atoms with van der Waals surface area (Å²) >= 11 is 3.77. The Balaban J connectivity index is 1.35. The lowest BCUT2D eigenvalue weighted by Crippen LogP contribution is -1.94. The van der Waals surface area contributed by atoms with Crippen molar-refractivity contribution >= 4 is 55.8 Å². The van der Waals surface area contributed by atoms with E-state index in [0.29, 0.717) is 0 Å². The first-order valence-corrected chi connectivity index (χ1v) is 14.5. The lowest BCUT2D eigenvalue weighted by molar-refractivity contribution is 1.16. The van der Waals surface area contributed by atoms with Crippen LogP contribution in [0.1, 0.15) is 0 Å². The van der Waals surface area contributed by atoms with Crippen LogP contribution in [0.2, 0.25) is 0 Å². The molecule has 0 amide bonds. The molecule has 0 radical (unpaired) electrons. The van der Waals surface area contributed by atoms with E-state index in [-0.39, 0.29) is 0 Å². The Bertz CT molecular complexity index is 2000. The highest BCUT2D eigenvalue weighted by Crippen LogP contribution is 2.52. The van der Waals surface area contributed by atoms with Gasteiger partial charge in [-0.15, -0.1) is 0 Å². The molecule has 0 unspecified atom stereocenters. The van der Waals surface area contributed by atoms with Crippen molar-refractivity contribution in [1.82, 2.24) is 0 Å². The fourth-order valence-corrected chi connectivity index (χ4v) is 8.20. The van der Waals surface area contributed by atoms with Crippen LogP contribution in [0, 0.1) is 0 Å². The molecule has 1 aliphatic heterocycles. The highest BCUT2D eigenvalue weighted by molar-refractivity contribution is 8.05. The maximum atomic E-state index is 2.40. The van der Waals surface area contributed by atoms with Gasteiger partial charge in [0.2, 0.25) is 0 Å². The first-order valence-electron chi connectivity index (χ1n) is 12.9. The van der Waals surface area contributed by atoms with Crippen molar-refractivity contribution in [3.8, 4) is 22.3 Å². The van der Waals surface area contributed by atoms with Gasteiger partial charge in [-0.3, -0.25) is 0 Å². The minimum atomic E-state index is 1.25. The van der Waals surface area contributed by atoms with Crippen molar-refractivity contribution in [3.63, 3.8) is 0 Å². The van der Waals surface area contributed by atoms with Crippen molar-refractivity contribution < 1.29 is 0 Å². The summed E-state index contributed by atoms with van der Waals surface area (Å²) in [6.45, 7) is 0. The van der Waals surface area contributed by atoms with Gasteiger partial charge in [-0.2, -0.15) is 0 Å². The fourth-order valence-electron chi connectivity index (χ4n) is 5.81. The minimum absolute atomic E-state index is 1.25. The second-order valence-corrected chi connectivity index (χ2v) is 11.8. The van der Waals surface area contributed by atoms with E-state index in [1.165, 1.54) is 74.2 Å². The molecule has 7 aromatic carbocycles. The molecule has 0 N–H and O–H groups in total. The lowest BCUT2D eigenvalue weighted by Gasteiger charge is -2.22. The average molecular weight is 519 g/mol. The van der Waals surface area contributed by atoms with Gasteiger partial charge < -0.3 is 0 Å². The maximum Gasteiger partial charge on any atom is 0.0341 e. The summed E-state index contributed by atoms with van der Waals surface area (Å²) in [5.74, 6) is 0. The second kappa shape index (κ2) is 8.80. The van der Waals surface area contributed by atoms with Gasteiger partial charge in [-0.1, -0.05) is 133 Å². The molecule has 38 heavy (non-hydrogen) atoms. The summed E-state index contributed by atoms with van der Waals surface area (Å²) in [7, 11) is 0. The van der Waals surface area contributed by atoms with E-state index in [1.54, 1.807) is 0 Å². The molecule has 0 bridgehead atoms. The van der Waals surface area contributed by atoms with Crippen LogP contribution in [-0.4, -0.2) is 0 Å². The van der Waals surface area contributed by atoms with E-state index in [9.17, 15) is 0 Å². The molecule has 0 nitrogen and oxygen atoms in total. The number of fused-ring (bicyclic) bond motifs is 8. The highest BCUT2D eigenvalue weighted by Gasteiger charge is 2.21. The van der Waals surface area contributed by atoms with Gasteiger partial charge in [0.1, 0.15) is 0 Å². The quantitative estimate of drug-likeness (QED) is 0.209. The molecule has 8 rings (SSSR count). The molecule has 1 aliphatic rings. The van der Waals surface area contributed by atoms with Gasteiger partial charge in [0.05, 0.1) is 0 Å². The third kappa shape index (κ3) is 3.41. The van der Waals surface area contributed by atoms with E-state index in [1.807, 2.05) is 23.5 Å². The minimum Gasteiger partial charge on any atom is -0.0877 e. The summed E-state index contributed by atoms with van der Waals surface area (Å²) in [6, 6.07) is 48.9. The number of hydrogen-bond acceptors (Lipinski definition) is 2. The first kappa shape index (κ1) is 22.0. The van der Waals surface area contributed by atoms with E-state index in [0.717, 1.165) is 0 Å². The third-order valence-corrected chi connectivity index (χ3v) is 10.1. The first-order chi connectivity index (χ1) is 18.8. The molecular weight excluding hydrogens is 497 g/mol. The fraction of sp³-hybridized carbons (Fsp3) is 0. The predicted octanol–water partition coefficient (Wildman–Crippen LogP) is 11.1. The molecule has 7 aromatic rings. The smallest absolute Gasteiger partial charge is 0.0341 e. The topological polar surface area (TPSA) is 0 Å². The monoisotopic (exact) mass is 518 g/mol. The van der Waals surface area contributed by atoms with E-state index >= 15 is 0 Å². The molecule has 0 saturated heterocycles. The number of rotatable bonds is 2. The van der Waals surface area contributed by atoms with Crippen LogP contribution in [0.25, 0.3) is 54.6 Å². The molecule has 0 saturated carbocycles. The summed E-state index contributed by atoms with van der Waals surface area (Å²) in [5.41, 5.74) is 5.10. The standard InChI is InChI=1S/C36H22S2/c1-2-11-25(31-16-9-19-35-36(31)38-34-18-8-7-17-33(34)37-35)24(10-1)23-20-21-30-28-14-4-3-12-26(28)27-13-5-6-15-29(27)32(30)22-23/h1-22H. The Morgan fingerprint density at radius 1 is 0.316 bits per heavy atom. The highest BCUT2D eigenvalue weighted by atomic mass is 32.2. The molecular formula is C36H22S2. The van der Waals surface area contributed by atoms with Crippen LogP contribution in [0.4, 0.5) is 0 Å². The predicted molar refractivity (Wildman–Crippen MR) is 165 cm³/mol. The van der Waals surface area contributed by atoms with Crippen LogP contribution in [0.3, 0.4) is 0 Å². The normalized spacial score (nSPS) is 12.5. The van der Waals surface area contributed by atoms with E-state index in [2.05, 4.69) is 133 Å². The molecule has 2 heteroatoms. The SMILES string of the molecule is c1ccc2c(c1)Sc1cccc(-c3ccccc3-c3ccc4c5ccccc5c5ccccc5c4c3)c1S2. The van der Waals surface area contributed by atoms with Crippen LogP contribution in [-0.2, 0) is 0 Å². The van der Waals surface area contributed by atoms with Gasteiger partial charge in [-0.25, -0.2) is 0 Å². The molecule has 178 valence electrons. The Morgan fingerprint density at radius 2 is 0.816 bits per heavy atom. The van der Waals surface area contributed by atoms with Crippen LogP contribution >= 0.6 is 23.5 Å². The second-order valence-electron chi connectivity index (χ2n) is 9.68. The van der Waals surface area contributed by atoms with Gasteiger partial charge >= 0.3 is 0 Å². The molecule has 0 spiro atoms. The molecule has 0 atom stereocenters. The zero-order chi connectivity index (χ0) is 25.1. The Morgan fingerprint density at radius 3 is 1.53 bits per heavy atom. The molecule has 0 aliphatic carbocycles. The van der Waals surface area contributed by atoms with Crippen molar-refractivity contribution in [2.45, 2.75) is 19.6 Å². The Hall–Kier alpha value is -3.98. The molecule has 0 fully saturated rings. The van der Waals surface area contributed by atoms with Crippen LogP contribution in [0.15, 0.2) is 153 Å². The number of benzene rings is 7. The largest absolute Gasteiger partial charge is 0.0877 e. The summed E-state index contributed by atoms with van der Waals surface area (Å²) in [5, 5.41) is 7.85. The van der Waals surface area contributed by atoms with Gasteiger partial charge in [0, 0.05) is 19.6 Å². The van der Waals surface area contributed by atoms with Crippen LogP contribution < -0.4 is 0 Å². The Kier molecular flexibility index (Phi) is 5.11. The summed E-state index contributed by atoms with van der Waals surface area (Å²) < 4.78 is 0. The lowest BCUT2D eigenvalue weighted by atomic mass is 9.90. The summed E-state index contributed by atoms with van der Waals surface area (Å²) in [4.78, 5) is 5.35. The summed E-state index contributed by atoms with van der Waals surface area (Å²) in [6.07, 6.45) is 0. The Labute approximate surface area is 230 Å². The average Bonchev–Trinajstić information content (AvgIpc) is 2.99. The van der Waals surface area contributed by atoms with Crippen molar-refractivity contribution in [2.75, 3.05) is 0 Å². The van der Waals surface area contributed by atoms with Crippen molar-refractivity contribution in [1.29, 1.82) is 0 Å². The zero-order valence-corrected chi connectivity index (χ0v) is 22.2. The van der Waals surface area contributed by atoms with Crippen molar-refractivity contribution in [3.05, 3.63) is 133 Å².